The van der Waals surface area contributed by atoms with Crippen LogP contribution in [0.2, 0.25) is 0 Å². The number of hydrogen-bond donors (Lipinski definition) is 1. The lowest BCUT2D eigenvalue weighted by atomic mass is 10.1. The van der Waals surface area contributed by atoms with Crippen molar-refractivity contribution >= 4 is 23.3 Å². The average molecular weight is 414 g/mol. The Morgan fingerprint density at radius 1 is 1.20 bits per heavy atom. The van der Waals surface area contributed by atoms with E-state index in [1.165, 1.54) is 7.11 Å². The van der Waals surface area contributed by atoms with Gasteiger partial charge in [0.2, 0.25) is 5.91 Å². The van der Waals surface area contributed by atoms with Gasteiger partial charge in [-0.25, -0.2) is 4.79 Å². The molecule has 2 unspecified atom stereocenters. The summed E-state index contributed by atoms with van der Waals surface area (Å²) >= 11 is 0. The van der Waals surface area contributed by atoms with Gasteiger partial charge in [-0.2, -0.15) is 5.10 Å². The number of amides is 1. The van der Waals surface area contributed by atoms with E-state index in [4.69, 9.17) is 4.74 Å². The molecule has 1 N–H and O–H groups in total. The molecule has 2 atom stereocenters. The van der Waals surface area contributed by atoms with Crippen molar-refractivity contribution in [2.45, 2.75) is 39.8 Å². The number of methoxy groups -OCH3 is 1. The second-order valence-electron chi connectivity index (χ2n) is 7.91. The van der Waals surface area contributed by atoms with Crippen molar-refractivity contribution in [1.82, 2.24) is 14.7 Å². The van der Waals surface area contributed by atoms with Gasteiger partial charge in [-0.1, -0.05) is 0 Å². The number of nitrogens with zero attached hydrogens (tertiary/aromatic N) is 4. The quantitative estimate of drug-likeness (QED) is 0.758. The fourth-order valence-corrected chi connectivity index (χ4v) is 4.04. The molecule has 1 amide bonds. The highest BCUT2D eigenvalue weighted by atomic mass is 16.5. The molecule has 1 aromatic carbocycles. The maximum absolute atomic E-state index is 12.9. The molecule has 3 rings (SSSR count). The highest BCUT2D eigenvalue weighted by Crippen LogP contribution is 2.23. The molecule has 8 heteroatoms. The first-order valence-electron chi connectivity index (χ1n) is 10.2. The maximum atomic E-state index is 12.9. The fourth-order valence-electron chi connectivity index (χ4n) is 4.04. The lowest BCUT2D eigenvalue weighted by Gasteiger charge is -2.43. The summed E-state index contributed by atoms with van der Waals surface area (Å²) < 4.78 is 6.54. The van der Waals surface area contributed by atoms with Crippen molar-refractivity contribution in [2.75, 3.05) is 37.0 Å². The predicted octanol–water partition coefficient (Wildman–Crippen LogP) is 2.36. The van der Waals surface area contributed by atoms with E-state index in [-0.39, 0.29) is 24.0 Å². The van der Waals surface area contributed by atoms with Gasteiger partial charge < -0.3 is 15.0 Å². The molecule has 0 radical (unpaired) electrons. The van der Waals surface area contributed by atoms with E-state index in [1.54, 1.807) is 16.8 Å². The maximum Gasteiger partial charge on any atom is 0.337 e. The lowest BCUT2D eigenvalue weighted by molar-refractivity contribution is -0.121. The Hall–Kier alpha value is -2.87. The van der Waals surface area contributed by atoms with Crippen LogP contribution in [0.4, 0.5) is 11.4 Å². The van der Waals surface area contributed by atoms with Crippen LogP contribution in [0.5, 0.6) is 0 Å². The van der Waals surface area contributed by atoms with Crippen molar-refractivity contribution in [2.24, 2.45) is 7.05 Å². The first kappa shape index (κ1) is 21.8. The standard InChI is InChI=1S/C22H31N5O3/c1-14-13-26(19-9-7-18(8-10-19)22(29)30-6)11-12-27(14)17(4)21(28)23-20-15(2)24-25(5)16(20)3/h7-10,14,17H,11-13H2,1-6H3,(H,23,28). The van der Waals surface area contributed by atoms with E-state index in [2.05, 4.69) is 27.1 Å². The Kier molecular flexibility index (Phi) is 6.45. The number of ether oxygens (including phenoxy) is 1. The van der Waals surface area contributed by atoms with Gasteiger partial charge in [-0.3, -0.25) is 14.4 Å². The number of hydrogen-bond acceptors (Lipinski definition) is 6. The van der Waals surface area contributed by atoms with E-state index < -0.39 is 0 Å². The minimum Gasteiger partial charge on any atom is -0.465 e. The number of aromatic nitrogens is 2. The molecule has 0 spiro atoms. The van der Waals surface area contributed by atoms with E-state index in [1.807, 2.05) is 40.0 Å². The zero-order valence-electron chi connectivity index (χ0n) is 18.6. The molecule has 162 valence electrons. The normalized spacial score (nSPS) is 18.2. The highest BCUT2D eigenvalue weighted by Gasteiger charge is 2.31. The number of piperazine rings is 1. The van der Waals surface area contributed by atoms with Gasteiger partial charge in [0.25, 0.3) is 0 Å². The molecular formula is C22H31N5O3. The third kappa shape index (κ3) is 4.33. The molecule has 1 fully saturated rings. The Morgan fingerprint density at radius 3 is 2.40 bits per heavy atom. The minimum absolute atomic E-state index is 0.0167. The monoisotopic (exact) mass is 413 g/mol. The van der Waals surface area contributed by atoms with Crippen molar-refractivity contribution < 1.29 is 14.3 Å². The molecule has 0 saturated carbocycles. The highest BCUT2D eigenvalue weighted by molar-refractivity contribution is 5.95. The van der Waals surface area contributed by atoms with Crippen LogP contribution >= 0.6 is 0 Å². The summed E-state index contributed by atoms with van der Waals surface area (Å²) in [7, 11) is 3.26. The van der Waals surface area contributed by atoms with Crippen LogP contribution in [0.15, 0.2) is 24.3 Å². The third-order valence-electron chi connectivity index (χ3n) is 5.97. The molecule has 0 bridgehead atoms. The van der Waals surface area contributed by atoms with Crippen LogP contribution in [0, 0.1) is 13.8 Å². The van der Waals surface area contributed by atoms with Gasteiger partial charge in [0.05, 0.1) is 35.8 Å². The number of aryl methyl sites for hydroxylation is 2. The van der Waals surface area contributed by atoms with Crippen molar-refractivity contribution in [3.63, 3.8) is 0 Å². The molecule has 1 aliphatic rings. The van der Waals surface area contributed by atoms with Crippen LogP contribution in [0.25, 0.3) is 0 Å². The third-order valence-corrected chi connectivity index (χ3v) is 5.97. The average Bonchev–Trinajstić information content (AvgIpc) is 2.98. The Bertz CT molecular complexity index is 922. The van der Waals surface area contributed by atoms with Gasteiger partial charge in [0.1, 0.15) is 0 Å². The van der Waals surface area contributed by atoms with Crippen molar-refractivity contribution in [3.8, 4) is 0 Å². The summed E-state index contributed by atoms with van der Waals surface area (Å²) in [6.45, 7) is 10.3. The summed E-state index contributed by atoms with van der Waals surface area (Å²) in [5, 5.41) is 7.43. The first-order chi connectivity index (χ1) is 14.2. The van der Waals surface area contributed by atoms with Gasteiger partial charge in [0, 0.05) is 38.4 Å². The topological polar surface area (TPSA) is 79.7 Å². The van der Waals surface area contributed by atoms with Gasteiger partial charge in [-0.05, 0) is 52.0 Å². The summed E-state index contributed by atoms with van der Waals surface area (Å²) in [6.07, 6.45) is 0. The van der Waals surface area contributed by atoms with Gasteiger partial charge in [-0.15, -0.1) is 0 Å². The molecule has 1 saturated heterocycles. The van der Waals surface area contributed by atoms with Gasteiger partial charge >= 0.3 is 5.97 Å². The van der Waals surface area contributed by atoms with E-state index >= 15 is 0 Å². The second-order valence-corrected chi connectivity index (χ2v) is 7.91. The number of esters is 1. The van der Waals surface area contributed by atoms with Crippen LogP contribution in [0.1, 0.15) is 35.6 Å². The summed E-state index contributed by atoms with van der Waals surface area (Å²) in [4.78, 5) is 29.0. The van der Waals surface area contributed by atoms with Gasteiger partial charge in [0.15, 0.2) is 0 Å². The Morgan fingerprint density at radius 2 is 1.87 bits per heavy atom. The lowest BCUT2D eigenvalue weighted by Crippen LogP contribution is -2.57. The molecule has 2 heterocycles. The SMILES string of the molecule is COC(=O)c1ccc(N2CCN(C(C)C(=O)Nc3c(C)nn(C)c3C)C(C)C2)cc1. The molecular weight excluding hydrogens is 382 g/mol. The van der Waals surface area contributed by atoms with Crippen LogP contribution in [0.3, 0.4) is 0 Å². The number of anilines is 2. The van der Waals surface area contributed by atoms with Crippen LogP contribution < -0.4 is 10.2 Å². The molecule has 8 nitrogen and oxygen atoms in total. The molecule has 1 aliphatic heterocycles. The van der Waals surface area contributed by atoms with Crippen molar-refractivity contribution in [1.29, 1.82) is 0 Å². The number of nitrogens with one attached hydrogen (secondary N) is 1. The Labute approximate surface area is 177 Å². The van der Waals surface area contributed by atoms with E-state index in [9.17, 15) is 9.59 Å². The zero-order valence-corrected chi connectivity index (χ0v) is 18.6. The van der Waals surface area contributed by atoms with Crippen molar-refractivity contribution in [3.05, 3.63) is 41.2 Å². The fraction of sp³-hybridized carbons (Fsp3) is 0.500. The van der Waals surface area contributed by atoms with E-state index in [0.717, 1.165) is 42.4 Å². The number of carbonyl (C=O) groups excluding carboxylic acids is 2. The number of rotatable bonds is 5. The molecule has 30 heavy (non-hydrogen) atoms. The largest absolute Gasteiger partial charge is 0.465 e. The summed E-state index contributed by atoms with van der Waals surface area (Å²) in [5.41, 5.74) is 4.17. The van der Waals surface area contributed by atoms with Crippen LogP contribution in [-0.2, 0) is 16.6 Å². The number of benzene rings is 1. The van der Waals surface area contributed by atoms with E-state index in [0.29, 0.717) is 5.56 Å². The Balaban J connectivity index is 1.63. The zero-order chi connectivity index (χ0) is 22.0. The molecule has 1 aromatic heterocycles. The second kappa shape index (κ2) is 8.87. The first-order valence-corrected chi connectivity index (χ1v) is 10.2. The smallest absolute Gasteiger partial charge is 0.337 e. The molecule has 0 aliphatic carbocycles. The predicted molar refractivity (Wildman–Crippen MR) is 117 cm³/mol. The summed E-state index contributed by atoms with van der Waals surface area (Å²) in [6, 6.07) is 7.41. The minimum atomic E-state index is -0.335. The van der Waals surface area contributed by atoms with Crippen LogP contribution in [-0.4, -0.2) is 65.4 Å². The molecule has 2 aromatic rings. The summed E-state index contributed by atoms with van der Waals surface area (Å²) in [5.74, 6) is -0.351. The number of carbonyl (C=O) groups is 2.